The lowest BCUT2D eigenvalue weighted by atomic mass is 10.1. The highest BCUT2D eigenvalue weighted by Crippen LogP contribution is 2.30. The molecule has 0 radical (unpaired) electrons. The van der Waals surface area contributed by atoms with Crippen molar-refractivity contribution in [1.82, 2.24) is 4.98 Å². The van der Waals surface area contributed by atoms with Crippen LogP contribution in [0.2, 0.25) is 0 Å². The van der Waals surface area contributed by atoms with Crippen molar-refractivity contribution >= 4 is 11.6 Å². The number of benzene rings is 1. The maximum atomic E-state index is 11.9. The van der Waals surface area contributed by atoms with E-state index in [1.165, 1.54) is 0 Å². The Labute approximate surface area is 130 Å². The predicted octanol–water partition coefficient (Wildman–Crippen LogP) is 3.17. The number of rotatable bonds is 5. The molecule has 0 fully saturated rings. The van der Waals surface area contributed by atoms with E-state index >= 15 is 0 Å². The number of hydrogen-bond acceptors (Lipinski definition) is 4. The Morgan fingerprint density at radius 2 is 2.09 bits per heavy atom. The number of ether oxygens (including phenoxy) is 1. The Kier molecular flexibility index (Phi) is 5.12. The molecule has 5 nitrogen and oxygen atoms in total. The van der Waals surface area contributed by atoms with Crippen molar-refractivity contribution in [3.05, 3.63) is 47.7 Å². The van der Waals surface area contributed by atoms with Gasteiger partial charge in [0.05, 0.1) is 6.04 Å². The van der Waals surface area contributed by atoms with Gasteiger partial charge in [0, 0.05) is 6.20 Å². The van der Waals surface area contributed by atoms with E-state index in [0.29, 0.717) is 23.7 Å². The molecule has 3 N–H and O–H groups in total. The summed E-state index contributed by atoms with van der Waals surface area (Å²) in [5.74, 6) is 0.822. The second-order valence-corrected chi connectivity index (χ2v) is 5.16. The maximum Gasteiger partial charge on any atom is 0.243 e. The van der Waals surface area contributed by atoms with Crippen LogP contribution in [0.3, 0.4) is 0 Å². The van der Waals surface area contributed by atoms with Crippen molar-refractivity contribution < 1.29 is 9.53 Å². The molecule has 1 atom stereocenters. The first-order valence-electron chi connectivity index (χ1n) is 7.28. The lowest BCUT2D eigenvalue weighted by molar-refractivity contribution is -0.117. The minimum atomic E-state index is -0.547. The Hall–Kier alpha value is -2.40. The van der Waals surface area contributed by atoms with Crippen molar-refractivity contribution in [2.24, 2.45) is 5.73 Å². The lowest BCUT2D eigenvalue weighted by Crippen LogP contribution is -2.34. The van der Waals surface area contributed by atoms with Gasteiger partial charge in [-0.3, -0.25) is 4.79 Å². The van der Waals surface area contributed by atoms with Crippen molar-refractivity contribution in [2.75, 3.05) is 5.32 Å². The van der Waals surface area contributed by atoms with Crippen molar-refractivity contribution in [1.29, 1.82) is 0 Å². The van der Waals surface area contributed by atoms with E-state index in [2.05, 4.69) is 10.3 Å². The second-order valence-electron chi connectivity index (χ2n) is 5.16. The van der Waals surface area contributed by atoms with Crippen LogP contribution in [-0.4, -0.2) is 16.9 Å². The topological polar surface area (TPSA) is 77.2 Å². The van der Waals surface area contributed by atoms with Crippen LogP contribution in [0.1, 0.15) is 24.5 Å². The summed E-state index contributed by atoms with van der Waals surface area (Å²) in [4.78, 5) is 16.2. The average molecular weight is 299 g/mol. The fraction of sp³-hybridized carbons (Fsp3) is 0.294. The monoisotopic (exact) mass is 299 g/mol. The van der Waals surface area contributed by atoms with E-state index in [0.717, 1.165) is 11.1 Å². The molecule has 0 saturated heterocycles. The maximum absolute atomic E-state index is 11.9. The zero-order valence-corrected chi connectivity index (χ0v) is 13.1. The van der Waals surface area contributed by atoms with Crippen LogP contribution < -0.4 is 15.8 Å². The fourth-order valence-corrected chi connectivity index (χ4v) is 1.92. The number of hydrogen-bond donors (Lipinski definition) is 2. The quantitative estimate of drug-likeness (QED) is 0.889. The third-order valence-electron chi connectivity index (χ3n) is 3.57. The first kappa shape index (κ1) is 16.0. The summed E-state index contributed by atoms with van der Waals surface area (Å²) in [5.41, 5.74) is 8.42. The zero-order valence-electron chi connectivity index (χ0n) is 13.1. The highest BCUT2D eigenvalue weighted by atomic mass is 16.5. The number of nitrogens with one attached hydrogen (secondary N) is 1. The van der Waals surface area contributed by atoms with Gasteiger partial charge in [-0.2, -0.15) is 0 Å². The van der Waals surface area contributed by atoms with Crippen molar-refractivity contribution in [2.45, 2.75) is 33.2 Å². The van der Waals surface area contributed by atoms with Gasteiger partial charge in [-0.15, -0.1) is 0 Å². The molecule has 5 heteroatoms. The Balaban J connectivity index is 2.25. The van der Waals surface area contributed by atoms with E-state index in [1.807, 2.05) is 39.0 Å². The Morgan fingerprint density at radius 3 is 2.82 bits per heavy atom. The SMILES string of the molecule is CC[C@H](N)C(=O)Nc1cccnc1Oc1cccc(C)c1C. The lowest BCUT2D eigenvalue weighted by Gasteiger charge is -2.15. The van der Waals surface area contributed by atoms with Gasteiger partial charge in [-0.1, -0.05) is 19.1 Å². The Bertz CT molecular complexity index is 671. The molecule has 0 unspecified atom stereocenters. The minimum absolute atomic E-state index is 0.249. The first-order valence-corrected chi connectivity index (χ1v) is 7.28. The number of carbonyl (C=O) groups excluding carboxylic acids is 1. The summed E-state index contributed by atoms with van der Waals surface area (Å²) >= 11 is 0. The molecule has 0 aliphatic rings. The van der Waals surface area contributed by atoms with Gasteiger partial charge in [0.25, 0.3) is 0 Å². The zero-order chi connectivity index (χ0) is 16.1. The molecule has 2 rings (SSSR count). The van der Waals surface area contributed by atoms with E-state index in [-0.39, 0.29) is 5.91 Å². The highest BCUT2D eigenvalue weighted by molar-refractivity contribution is 5.95. The van der Waals surface area contributed by atoms with E-state index in [4.69, 9.17) is 10.5 Å². The summed E-state index contributed by atoms with van der Waals surface area (Å²) in [6, 6.07) is 8.75. The van der Waals surface area contributed by atoms with Crippen LogP contribution >= 0.6 is 0 Å². The smallest absolute Gasteiger partial charge is 0.243 e. The molecule has 1 aromatic carbocycles. The van der Waals surface area contributed by atoms with Gasteiger partial charge in [-0.25, -0.2) is 4.98 Å². The van der Waals surface area contributed by atoms with Gasteiger partial charge in [-0.05, 0) is 49.6 Å². The predicted molar refractivity (Wildman–Crippen MR) is 87.1 cm³/mol. The van der Waals surface area contributed by atoms with Crippen LogP contribution in [0.4, 0.5) is 5.69 Å². The van der Waals surface area contributed by atoms with Gasteiger partial charge < -0.3 is 15.8 Å². The summed E-state index contributed by atoms with van der Waals surface area (Å²) in [5, 5.41) is 2.76. The summed E-state index contributed by atoms with van der Waals surface area (Å²) in [6.45, 7) is 5.86. The number of aromatic nitrogens is 1. The van der Waals surface area contributed by atoms with Gasteiger partial charge in [0.15, 0.2) is 0 Å². The van der Waals surface area contributed by atoms with Crippen LogP contribution in [0.25, 0.3) is 0 Å². The number of nitrogens with two attached hydrogens (primary N) is 1. The minimum Gasteiger partial charge on any atom is -0.437 e. The highest BCUT2D eigenvalue weighted by Gasteiger charge is 2.15. The fourth-order valence-electron chi connectivity index (χ4n) is 1.92. The Morgan fingerprint density at radius 1 is 1.32 bits per heavy atom. The van der Waals surface area contributed by atoms with Gasteiger partial charge in [0.2, 0.25) is 11.8 Å². The number of anilines is 1. The molecule has 2 aromatic rings. The molecule has 22 heavy (non-hydrogen) atoms. The molecule has 0 aliphatic carbocycles. The van der Waals surface area contributed by atoms with Gasteiger partial charge >= 0.3 is 0 Å². The molecule has 1 aromatic heterocycles. The van der Waals surface area contributed by atoms with Crippen LogP contribution in [0, 0.1) is 13.8 Å². The number of carbonyl (C=O) groups is 1. The molecule has 1 amide bonds. The summed E-state index contributed by atoms with van der Waals surface area (Å²) in [6.07, 6.45) is 2.19. The van der Waals surface area contributed by atoms with Gasteiger partial charge in [0.1, 0.15) is 11.4 Å². The number of aryl methyl sites for hydroxylation is 1. The summed E-state index contributed by atoms with van der Waals surface area (Å²) in [7, 11) is 0. The number of nitrogens with zero attached hydrogens (tertiary/aromatic N) is 1. The number of amides is 1. The third-order valence-corrected chi connectivity index (χ3v) is 3.57. The second kappa shape index (κ2) is 7.04. The molecule has 0 spiro atoms. The van der Waals surface area contributed by atoms with Crippen LogP contribution in [-0.2, 0) is 4.79 Å². The van der Waals surface area contributed by atoms with E-state index in [1.54, 1.807) is 18.3 Å². The number of pyridine rings is 1. The normalized spacial score (nSPS) is 11.8. The van der Waals surface area contributed by atoms with Crippen molar-refractivity contribution in [3.8, 4) is 11.6 Å². The van der Waals surface area contributed by atoms with Crippen LogP contribution in [0.15, 0.2) is 36.5 Å². The standard InChI is InChI=1S/C17H21N3O2/c1-4-13(18)16(21)20-14-8-6-10-19-17(14)22-15-9-5-7-11(2)12(15)3/h5-10,13H,4,18H2,1-3H3,(H,20,21)/t13-/m0/s1. The molecule has 0 aliphatic heterocycles. The molecule has 1 heterocycles. The van der Waals surface area contributed by atoms with Crippen molar-refractivity contribution in [3.63, 3.8) is 0 Å². The van der Waals surface area contributed by atoms with Crippen LogP contribution in [0.5, 0.6) is 11.6 Å². The van der Waals surface area contributed by atoms with E-state index < -0.39 is 6.04 Å². The molecular weight excluding hydrogens is 278 g/mol. The molecular formula is C17H21N3O2. The molecule has 0 saturated carbocycles. The summed E-state index contributed by atoms with van der Waals surface area (Å²) < 4.78 is 5.87. The molecule has 116 valence electrons. The first-order chi connectivity index (χ1) is 10.5. The average Bonchev–Trinajstić information content (AvgIpc) is 2.52. The largest absolute Gasteiger partial charge is 0.437 e. The van der Waals surface area contributed by atoms with E-state index in [9.17, 15) is 4.79 Å². The molecule has 0 bridgehead atoms. The third kappa shape index (κ3) is 3.62.